The minimum absolute atomic E-state index is 0.155. The molecule has 1 unspecified atom stereocenters. The van der Waals surface area contributed by atoms with Crippen molar-refractivity contribution in [2.24, 2.45) is 11.8 Å². The maximum atomic E-state index is 11.4. The van der Waals surface area contributed by atoms with Gasteiger partial charge in [0.2, 0.25) is 0 Å². The first kappa shape index (κ1) is 7.18. The van der Waals surface area contributed by atoms with Gasteiger partial charge in [-0.1, -0.05) is 12.2 Å². The molecule has 1 N–H and O–H groups in total. The van der Waals surface area contributed by atoms with E-state index < -0.39 is 0 Å². The molecular formula is C7H9NO2S. The number of carbonyl (C=O) groups excluding carboxylic acids is 1. The van der Waals surface area contributed by atoms with E-state index >= 15 is 0 Å². The normalized spacial score (nSPS) is 30.2. The number of hydroxylamine groups is 1. The van der Waals surface area contributed by atoms with Gasteiger partial charge in [-0.05, 0) is 12.8 Å². The molecule has 4 heteroatoms. The summed E-state index contributed by atoms with van der Waals surface area (Å²) in [6, 6.07) is 0. The lowest BCUT2D eigenvalue weighted by Gasteiger charge is -2.02. The number of carbonyl (C=O) groups is 1. The van der Waals surface area contributed by atoms with Crippen LogP contribution in [0.1, 0.15) is 12.8 Å². The van der Waals surface area contributed by atoms with Crippen molar-refractivity contribution < 1.29 is 9.63 Å². The van der Waals surface area contributed by atoms with Gasteiger partial charge < -0.3 is 0 Å². The monoisotopic (exact) mass is 171 g/mol. The Morgan fingerprint density at radius 1 is 1.64 bits per heavy atom. The molecule has 1 atom stereocenters. The van der Waals surface area contributed by atoms with Gasteiger partial charge in [0.15, 0.2) is 0 Å². The highest BCUT2D eigenvalue weighted by molar-refractivity contribution is 7.80. The van der Waals surface area contributed by atoms with Crippen LogP contribution < -0.4 is 5.48 Å². The van der Waals surface area contributed by atoms with Crippen molar-refractivity contribution in [3.8, 4) is 0 Å². The summed E-state index contributed by atoms with van der Waals surface area (Å²) in [5.41, 5.74) is 2.54. The largest absolute Gasteiger partial charge is 0.299 e. The van der Waals surface area contributed by atoms with E-state index in [0.29, 0.717) is 11.6 Å². The van der Waals surface area contributed by atoms with Crippen molar-refractivity contribution in [3.63, 3.8) is 0 Å². The summed E-state index contributed by atoms with van der Waals surface area (Å²) >= 11 is 4.91. The average molecular weight is 171 g/mol. The van der Waals surface area contributed by atoms with E-state index in [1.807, 2.05) is 0 Å². The fraction of sp³-hybridized carbons (Fsp3) is 0.714. The molecule has 0 aromatic carbocycles. The summed E-state index contributed by atoms with van der Waals surface area (Å²) in [6.07, 6.45) is 2.08. The van der Waals surface area contributed by atoms with Crippen LogP contribution in [-0.4, -0.2) is 17.4 Å². The quantitative estimate of drug-likeness (QED) is 0.612. The van der Waals surface area contributed by atoms with Crippen LogP contribution >= 0.6 is 12.2 Å². The smallest absolute Gasteiger partial charge is 0.148 e. The van der Waals surface area contributed by atoms with E-state index in [1.165, 1.54) is 0 Å². The number of thiocarbonyl (C=S) groups is 1. The van der Waals surface area contributed by atoms with Crippen molar-refractivity contribution in [1.82, 2.24) is 5.48 Å². The highest BCUT2D eigenvalue weighted by Gasteiger charge is 2.39. The van der Waals surface area contributed by atoms with Crippen molar-refractivity contribution in [1.29, 1.82) is 0 Å². The second-order valence-electron chi connectivity index (χ2n) is 3.01. The number of hydrogen-bond donors (Lipinski definition) is 1. The van der Waals surface area contributed by atoms with E-state index in [-0.39, 0.29) is 17.6 Å². The van der Waals surface area contributed by atoms with Crippen molar-refractivity contribution in [2.45, 2.75) is 12.8 Å². The van der Waals surface area contributed by atoms with Gasteiger partial charge in [-0.2, -0.15) is 0 Å². The summed E-state index contributed by atoms with van der Waals surface area (Å²) in [4.78, 5) is 16.8. The van der Waals surface area contributed by atoms with Crippen molar-refractivity contribution in [3.05, 3.63) is 0 Å². The van der Waals surface area contributed by atoms with Crippen LogP contribution in [0.3, 0.4) is 0 Å². The molecule has 60 valence electrons. The highest BCUT2D eigenvalue weighted by atomic mass is 32.1. The standard InChI is InChI=1S/C7H9NO2S/c9-6(4-1-2-4)5-3-10-8-7(5)11/h4-5H,1-3H2,(H,8,11). The molecule has 1 aliphatic carbocycles. The molecule has 0 radical (unpaired) electrons. The van der Waals surface area contributed by atoms with Crippen LogP contribution in [-0.2, 0) is 9.63 Å². The number of rotatable bonds is 2. The zero-order valence-corrected chi connectivity index (χ0v) is 6.82. The molecule has 1 saturated carbocycles. The molecule has 2 rings (SSSR count). The Morgan fingerprint density at radius 3 is 2.82 bits per heavy atom. The SMILES string of the molecule is O=C(C1CC1)C1CONC1=S. The third-order valence-electron chi connectivity index (χ3n) is 2.06. The van der Waals surface area contributed by atoms with Gasteiger partial charge in [-0.25, -0.2) is 0 Å². The highest BCUT2D eigenvalue weighted by Crippen LogP contribution is 2.33. The van der Waals surface area contributed by atoms with Crippen LogP contribution in [0.2, 0.25) is 0 Å². The van der Waals surface area contributed by atoms with Gasteiger partial charge in [-0.15, -0.1) is 0 Å². The average Bonchev–Trinajstić information content (AvgIpc) is 2.74. The van der Waals surface area contributed by atoms with E-state index in [1.54, 1.807) is 0 Å². The molecule has 1 aliphatic heterocycles. The van der Waals surface area contributed by atoms with Gasteiger partial charge >= 0.3 is 0 Å². The van der Waals surface area contributed by atoms with Gasteiger partial charge in [-0.3, -0.25) is 15.1 Å². The molecule has 2 aliphatic rings. The first-order valence-electron chi connectivity index (χ1n) is 3.74. The second-order valence-corrected chi connectivity index (χ2v) is 3.45. The Morgan fingerprint density at radius 2 is 2.36 bits per heavy atom. The maximum absolute atomic E-state index is 11.4. The Labute approximate surface area is 70.1 Å². The van der Waals surface area contributed by atoms with Gasteiger partial charge in [0.1, 0.15) is 10.8 Å². The fourth-order valence-corrected chi connectivity index (χ4v) is 1.45. The number of hydrogen-bond acceptors (Lipinski definition) is 3. The lowest BCUT2D eigenvalue weighted by molar-refractivity contribution is -0.122. The molecule has 3 nitrogen and oxygen atoms in total. The van der Waals surface area contributed by atoms with Crippen LogP contribution in [0.4, 0.5) is 0 Å². The summed E-state index contributed by atoms with van der Waals surface area (Å²) < 4.78 is 0. The van der Waals surface area contributed by atoms with E-state index in [9.17, 15) is 4.79 Å². The molecule has 11 heavy (non-hydrogen) atoms. The predicted molar refractivity (Wildman–Crippen MR) is 42.9 cm³/mol. The van der Waals surface area contributed by atoms with Crippen LogP contribution in [0, 0.1) is 11.8 Å². The van der Waals surface area contributed by atoms with Crippen LogP contribution in [0.5, 0.6) is 0 Å². The summed E-state index contributed by atoms with van der Waals surface area (Å²) in [5, 5.41) is 0. The van der Waals surface area contributed by atoms with Crippen molar-refractivity contribution >= 4 is 23.0 Å². The Balaban J connectivity index is 2.02. The lowest BCUT2D eigenvalue weighted by Crippen LogP contribution is -2.25. The molecule has 0 amide bonds. The van der Waals surface area contributed by atoms with Crippen molar-refractivity contribution in [2.75, 3.05) is 6.61 Å². The van der Waals surface area contributed by atoms with E-state index in [2.05, 4.69) is 5.48 Å². The first-order chi connectivity index (χ1) is 5.29. The number of Topliss-reactive ketones (excluding diaryl/α,β-unsaturated/α-hetero) is 1. The van der Waals surface area contributed by atoms with Gasteiger partial charge in [0.25, 0.3) is 0 Å². The Hall–Kier alpha value is -0.480. The molecule has 1 saturated heterocycles. The molecule has 0 aromatic rings. The summed E-state index contributed by atoms with van der Waals surface area (Å²) in [6.45, 7) is 0.425. The number of nitrogens with one attached hydrogen (secondary N) is 1. The predicted octanol–water partition coefficient (Wildman–Crippen LogP) is 0.444. The Kier molecular flexibility index (Phi) is 1.65. The van der Waals surface area contributed by atoms with Crippen LogP contribution in [0.25, 0.3) is 0 Å². The van der Waals surface area contributed by atoms with E-state index in [4.69, 9.17) is 17.1 Å². The molecule has 0 bridgehead atoms. The molecule has 1 heterocycles. The number of ketones is 1. The zero-order valence-electron chi connectivity index (χ0n) is 6.00. The zero-order chi connectivity index (χ0) is 7.84. The minimum Gasteiger partial charge on any atom is -0.299 e. The molecule has 0 aromatic heterocycles. The Bertz CT molecular complexity index is 212. The third-order valence-corrected chi connectivity index (χ3v) is 2.43. The topological polar surface area (TPSA) is 38.3 Å². The summed E-state index contributed by atoms with van der Waals surface area (Å²) in [5.74, 6) is 0.388. The third kappa shape index (κ3) is 1.28. The lowest BCUT2D eigenvalue weighted by atomic mass is 10.0. The minimum atomic E-state index is -0.155. The molecule has 2 fully saturated rings. The molecular weight excluding hydrogens is 162 g/mol. The van der Waals surface area contributed by atoms with Gasteiger partial charge in [0.05, 0.1) is 12.5 Å². The maximum Gasteiger partial charge on any atom is 0.148 e. The fourth-order valence-electron chi connectivity index (χ4n) is 1.21. The van der Waals surface area contributed by atoms with Crippen LogP contribution in [0.15, 0.2) is 0 Å². The summed E-state index contributed by atoms with van der Waals surface area (Å²) in [7, 11) is 0. The van der Waals surface area contributed by atoms with E-state index in [0.717, 1.165) is 12.8 Å². The molecule has 0 spiro atoms. The second kappa shape index (κ2) is 2.53. The first-order valence-corrected chi connectivity index (χ1v) is 4.15. The van der Waals surface area contributed by atoms with Gasteiger partial charge in [0, 0.05) is 5.92 Å².